The molecule has 0 saturated heterocycles. The summed E-state index contributed by atoms with van der Waals surface area (Å²) < 4.78 is 0. The molecule has 25 heavy (non-hydrogen) atoms. The summed E-state index contributed by atoms with van der Waals surface area (Å²) in [5.74, 6) is 0.0846. The number of benzene rings is 2. The molecule has 0 aliphatic carbocycles. The Morgan fingerprint density at radius 2 is 1.72 bits per heavy atom. The van der Waals surface area contributed by atoms with Crippen LogP contribution in [0.4, 0.5) is 11.4 Å². The van der Waals surface area contributed by atoms with E-state index in [0.29, 0.717) is 18.0 Å². The molecule has 2 N–H and O–H groups in total. The molecule has 6 nitrogen and oxygen atoms in total. The van der Waals surface area contributed by atoms with Crippen molar-refractivity contribution in [1.29, 1.82) is 0 Å². The van der Waals surface area contributed by atoms with Gasteiger partial charge in [0, 0.05) is 29.9 Å². The molecular formula is C19H23N3O3. The minimum atomic E-state index is -0.462. The lowest BCUT2D eigenvalue weighted by atomic mass is 10.0. The lowest BCUT2D eigenvalue weighted by molar-refractivity contribution is -0.385. The van der Waals surface area contributed by atoms with Crippen LogP contribution in [0.25, 0.3) is 0 Å². The second kappa shape index (κ2) is 8.82. The van der Waals surface area contributed by atoms with Gasteiger partial charge >= 0.3 is 0 Å². The van der Waals surface area contributed by atoms with E-state index in [1.54, 1.807) is 18.2 Å². The van der Waals surface area contributed by atoms with Gasteiger partial charge in [-0.2, -0.15) is 0 Å². The van der Waals surface area contributed by atoms with Gasteiger partial charge < -0.3 is 10.6 Å². The topological polar surface area (TPSA) is 84.3 Å². The maximum Gasteiger partial charge on any atom is 0.273 e. The van der Waals surface area contributed by atoms with E-state index in [2.05, 4.69) is 24.5 Å². The van der Waals surface area contributed by atoms with Crippen molar-refractivity contribution < 1.29 is 9.72 Å². The number of anilines is 1. The van der Waals surface area contributed by atoms with Crippen LogP contribution in [0.5, 0.6) is 0 Å². The fourth-order valence-electron chi connectivity index (χ4n) is 2.50. The Labute approximate surface area is 147 Å². The predicted octanol–water partition coefficient (Wildman–Crippen LogP) is 3.39. The second-order valence-corrected chi connectivity index (χ2v) is 6.23. The van der Waals surface area contributed by atoms with Crippen molar-refractivity contribution >= 4 is 17.3 Å². The zero-order valence-electron chi connectivity index (χ0n) is 14.4. The number of hydrogen-bond acceptors (Lipinski definition) is 4. The molecule has 2 rings (SSSR count). The molecule has 1 amide bonds. The fourth-order valence-corrected chi connectivity index (χ4v) is 2.50. The number of para-hydroxylation sites is 2. The summed E-state index contributed by atoms with van der Waals surface area (Å²) in [6.45, 7) is 4.61. The normalized spacial score (nSPS) is 11.8. The van der Waals surface area contributed by atoms with E-state index in [9.17, 15) is 14.9 Å². The van der Waals surface area contributed by atoms with Crippen molar-refractivity contribution in [2.45, 2.75) is 26.3 Å². The van der Waals surface area contributed by atoms with E-state index in [4.69, 9.17) is 0 Å². The van der Waals surface area contributed by atoms with Gasteiger partial charge in [0.15, 0.2) is 0 Å². The SMILES string of the molecule is CC(C)[C@@H](CNC(=O)Cc1ccccc1[N+](=O)[O-])Nc1ccccc1. The first-order chi connectivity index (χ1) is 12.0. The van der Waals surface area contributed by atoms with Gasteiger partial charge in [-0.15, -0.1) is 0 Å². The van der Waals surface area contributed by atoms with Gasteiger partial charge in [0.2, 0.25) is 5.91 Å². The van der Waals surface area contributed by atoms with E-state index in [1.165, 1.54) is 6.07 Å². The standard InChI is InChI=1S/C19H23N3O3/c1-14(2)17(21-16-9-4-3-5-10-16)13-20-19(23)12-15-8-6-7-11-18(15)22(24)25/h3-11,14,17,21H,12-13H2,1-2H3,(H,20,23)/t17-/m1/s1. The third-order valence-electron chi connectivity index (χ3n) is 3.99. The van der Waals surface area contributed by atoms with Gasteiger partial charge in [0.1, 0.15) is 0 Å². The molecule has 0 aliphatic rings. The number of rotatable bonds is 8. The number of carbonyl (C=O) groups excluding carboxylic acids is 1. The van der Waals surface area contributed by atoms with Crippen LogP contribution >= 0.6 is 0 Å². The molecule has 0 aliphatic heterocycles. The van der Waals surface area contributed by atoms with Crippen molar-refractivity contribution in [2.24, 2.45) is 5.92 Å². The van der Waals surface area contributed by atoms with Crippen molar-refractivity contribution in [1.82, 2.24) is 5.32 Å². The molecule has 1 atom stereocenters. The first kappa shape index (κ1) is 18.4. The maximum absolute atomic E-state index is 12.2. The quantitative estimate of drug-likeness (QED) is 0.569. The molecule has 0 spiro atoms. The summed E-state index contributed by atoms with van der Waals surface area (Å²) in [7, 11) is 0. The lowest BCUT2D eigenvalue weighted by Crippen LogP contribution is -2.40. The average Bonchev–Trinajstić information content (AvgIpc) is 2.59. The first-order valence-electron chi connectivity index (χ1n) is 8.28. The van der Waals surface area contributed by atoms with Crippen molar-refractivity contribution in [3.8, 4) is 0 Å². The molecule has 6 heteroatoms. The molecule has 2 aromatic carbocycles. The van der Waals surface area contributed by atoms with Gasteiger partial charge in [-0.25, -0.2) is 0 Å². The molecule has 2 aromatic rings. The highest BCUT2D eigenvalue weighted by Gasteiger charge is 2.18. The molecular weight excluding hydrogens is 318 g/mol. The Balaban J connectivity index is 1.94. The molecule has 0 radical (unpaired) electrons. The summed E-state index contributed by atoms with van der Waals surface area (Å²) in [6.07, 6.45) is -0.00664. The summed E-state index contributed by atoms with van der Waals surface area (Å²) >= 11 is 0. The van der Waals surface area contributed by atoms with Crippen LogP contribution in [0.2, 0.25) is 0 Å². The zero-order valence-corrected chi connectivity index (χ0v) is 14.4. The molecule has 0 fully saturated rings. The minimum absolute atomic E-state index is 0.00664. The Hall–Kier alpha value is -2.89. The largest absolute Gasteiger partial charge is 0.380 e. The van der Waals surface area contributed by atoms with Gasteiger partial charge in [-0.1, -0.05) is 50.2 Å². The van der Waals surface area contributed by atoms with E-state index < -0.39 is 4.92 Å². The highest BCUT2D eigenvalue weighted by atomic mass is 16.6. The number of nitro benzene ring substituents is 1. The maximum atomic E-state index is 12.2. The Bertz CT molecular complexity index is 717. The van der Waals surface area contributed by atoms with Crippen LogP contribution in [-0.2, 0) is 11.2 Å². The second-order valence-electron chi connectivity index (χ2n) is 6.23. The molecule has 0 unspecified atom stereocenters. The Kier molecular flexibility index (Phi) is 6.51. The summed E-state index contributed by atoms with van der Waals surface area (Å²) in [6, 6.07) is 16.2. The van der Waals surface area contributed by atoms with Crippen molar-refractivity contribution in [3.05, 3.63) is 70.3 Å². The van der Waals surface area contributed by atoms with Gasteiger partial charge in [0.25, 0.3) is 5.69 Å². The third kappa shape index (κ3) is 5.60. The lowest BCUT2D eigenvalue weighted by Gasteiger charge is -2.24. The highest BCUT2D eigenvalue weighted by Crippen LogP contribution is 2.18. The molecule has 0 saturated carbocycles. The fraction of sp³-hybridized carbons (Fsp3) is 0.316. The summed E-state index contributed by atoms with van der Waals surface area (Å²) in [5, 5.41) is 17.3. The number of nitro groups is 1. The molecule has 132 valence electrons. The van der Waals surface area contributed by atoms with Crippen LogP contribution in [0, 0.1) is 16.0 Å². The average molecular weight is 341 g/mol. The Morgan fingerprint density at radius 3 is 2.36 bits per heavy atom. The van der Waals surface area contributed by atoms with Crippen molar-refractivity contribution in [2.75, 3.05) is 11.9 Å². The van der Waals surface area contributed by atoms with E-state index in [0.717, 1.165) is 5.69 Å². The van der Waals surface area contributed by atoms with E-state index in [1.807, 2.05) is 30.3 Å². The minimum Gasteiger partial charge on any atom is -0.380 e. The van der Waals surface area contributed by atoms with Gasteiger partial charge in [-0.05, 0) is 18.1 Å². The number of amides is 1. The van der Waals surface area contributed by atoms with Crippen LogP contribution in [0.3, 0.4) is 0 Å². The first-order valence-corrected chi connectivity index (χ1v) is 8.28. The predicted molar refractivity (Wildman–Crippen MR) is 98.5 cm³/mol. The monoisotopic (exact) mass is 341 g/mol. The van der Waals surface area contributed by atoms with Crippen molar-refractivity contribution in [3.63, 3.8) is 0 Å². The summed E-state index contributed by atoms with van der Waals surface area (Å²) in [5.41, 5.74) is 1.39. The number of hydrogen-bond donors (Lipinski definition) is 2. The molecule has 0 heterocycles. The van der Waals surface area contributed by atoms with E-state index in [-0.39, 0.29) is 24.1 Å². The number of nitrogens with one attached hydrogen (secondary N) is 2. The van der Waals surface area contributed by atoms with Gasteiger partial charge in [0.05, 0.1) is 11.3 Å². The van der Waals surface area contributed by atoms with Crippen LogP contribution < -0.4 is 10.6 Å². The Morgan fingerprint density at radius 1 is 1.08 bits per heavy atom. The number of carbonyl (C=O) groups is 1. The van der Waals surface area contributed by atoms with Crippen LogP contribution in [0.15, 0.2) is 54.6 Å². The zero-order chi connectivity index (χ0) is 18.2. The number of nitrogens with zero attached hydrogens (tertiary/aromatic N) is 1. The third-order valence-corrected chi connectivity index (χ3v) is 3.99. The van der Waals surface area contributed by atoms with Crippen LogP contribution in [0.1, 0.15) is 19.4 Å². The molecule has 0 aromatic heterocycles. The smallest absolute Gasteiger partial charge is 0.273 e. The van der Waals surface area contributed by atoms with Gasteiger partial charge in [-0.3, -0.25) is 14.9 Å². The summed E-state index contributed by atoms with van der Waals surface area (Å²) in [4.78, 5) is 22.8. The van der Waals surface area contributed by atoms with E-state index >= 15 is 0 Å². The molecule has 0 bridgehead atoms. The van der Waals surface area contributed by atoms with Crippen LogP contribution in [-0.4, -0.2) is 23.4 Å². The highest BCUT2D eigenvalue weighted by molar-refractivity contribution is 5.79.